The average Bonchev–Trinajstić information content (AvgIpc) is 3.50. The molecule has 140 valence electrons. The average molecular weight is 366 g/mol. The molecule has 0 spiro atoms. The van der Waals surface area contributed by atoms with Crippen LogP contribution < -0.4 is 5.32 Å². The number of hydrogen-bond donors (Lipinski definition) is 1. The van der Waals surface area contributed by atoms with E-state index in [9.17, 15) is 14.0 Å². The summed E-state index contributed by atoms with van der Waals surface area (Å²) in [5.41, 5.74) is 2.09. The summed E-state index contributed by atoms with van der Waals surface area (Å²) < 4.78 is 13.7. The molecule has 1 saturated carbocycles. The van der Waals surface area contributed by atoms with E-state index in [0.29, 0.717) is 44.5 Å². The van der Waals surface area contributed by atoms with Gasteiger partial charge >= 0.3 is 0 Å². The van der Waals surface area contributed by atoms with Crippen LogP contribution in [-0.4, -0.2) is 29.8 Å². The van der Waals surface area contributed by atoms with Crippen molar-refractivity contribution in [3.8, 4) is 0 Å². The van der Waals surface area contributed by atoms with E-state index in [4.69, 9.17) is 0 Å². The molecule has 4 rings (SSSR count). The number of hydrogen-bond acceptors (Lipinski definition) is 2. The van der Waals surface area contributed by atoms with Gasteiger partial charge in [-0.1, -0.05) is 42.5 Å². The number of fused-ring (bicyclic) bond motifs is 1. The molecule has 1 aliphatic carbocycles. The van der Waals surface area contributed by atoms with Crippen molar-refractivity contribution in [2.75, 3.05) is 13.1 Å². The molecule has 2 amide bonds. The largest absolute Gasteiger partial charge is 0.355 e. The van der Waals surface area contributed by atoms with Crippen LogP contribution in [-0.2, 0) is 29.0 Å². The van der Waals surface area contributed by atoms with E-state index < -0.39 is 5.41 Å². The second-order valence-corrected chi connectivity index (χ2v) is 7.42. The van der Waals surface area contributed by atoms with Gasteiger partial charge in [0.1, 0.15) is 11.2 Å². The summed E-state index contributed by atoms with van der Waals surface area (Å²) in [4.78, 5) is 27.5. The normalized spacial score (nSPS) is 17.1. The molecule has 0 saturated heterocycles. The van der Waals surface area contributed by atoms with Crippen molar-refractivity contribution in [3.63, 3.8) is 0 Å². The fourth-order valence-electron chi connectivity index (χ4n) is 3.82. The highest BCUT2D eigenvalue weighted by atomic mass is 19.1. The Balaban J connectivity index is 1.36. The van der Waals surface area contributed by atoms with E-state index in [1.54, 1.807) is 18.2 Å². The number of rotatable bonds is 5. The molecule has 0 unspecified atom stereocenters. The van der Waals surface area contributed by atoms with Gasteiger partial charge in [-0.2, -0.15) is 0 Å². The standard InChI is InChI=1S/C22H23FN2O2/c23-19-8-4-3-6-17(19)9-13-24-20(26)22(11-12-22)21(27)25-14-10-16-5-1-2-7-18(16)15-25/h1-8H,9-15H2,(H,24,26). The number of benzene rings is 2. The monoisotopic (exact) mass is 366 g/mol. The summed E-state index contributed by atoms with van der Waals surface area (Å²) in [6.45, 7) is 1.55. The number of carbonyl (C=O) groups is 2. The summed E-state index contributed by atoms with van der Waals surface area (Å²) in [6, 6.07) is 14.7. The highest BCUT2D eigenvalue weighted by Crippen LogP contribution is 2.48. The van der Waals surface area contributed by atoms with E-state index in [0.717, 1.165) is 12.0 Å². The lowest BCUT2D eigenvalue weighted by Crippen LogP contribution is -2.47. The molecule has 2 aromatic carbocycles. The topological polar surface area (TPSA) is 49.4 Å². The van der Waals surface area contributed by atoms with Crippen LogP contribution >= 0.6 is 0 Å². The van der Waals surface area contributed by atoms with E-state index in [1.807, 2.05) is 23.1 Å². The Kier molecular flexibility index (Phi) is 4.68. The first-order valence-corrected chi connectivity index (χ1v) is 9.48. The van der Waals surface area contributed by atoms with Gasteiger partial charge in [-0.3, -0.25) is 9.59 Å². The third-order valence-corrected chi connectivity index (χ3v) is 5.65. The second-order valence-electron chi connectivity index (χ2n) is 7.42. The Bertz CT molecular complexity index is 876. The maximum absolute atomic E-state index is 13.7. The Morgan fingerprint density at radius 2 is 1.74 bits per heavy atom. The molecule has 1 fully saturated rings. The molecule has 4 nitrogen and oxygen atoms in total. The Morgan fingerprint density at radius 1 is 1.04 bits per heavy atom. The minimum absolute atomic E-state index is 0.0691. The van der Waals surface area contributed by atoms with E-state index >= 15 is 0 Å². The summed E-state index contributed by atoms with van der Waals surface area (Å²) in [7, 11) is 0. The smallest absolute Gasteiger partial charge is 0.238 e. The highest BCUT2D eigenvalue weighted by molar-refractivity contribution is 6.07. The van der Waals surface area contributed by atoms with E-state index in [1.165, 1.54) is 11.6 Å². The molecular formula is C22H23FN2O2. The van der Waals surface area contributed by atoms with E-state index in [2.05, 4.69) is 11.4 Å². The van der Waals surface area contributed by atoms with E-state index in [-0.39, 0.29) is 17.6 Å². The van der Waals surface area contributed by atoms with Gasteiger partial charge in [-0.25, -0.2) is 4.39 Å². The first-order chi connectivity index (χ1) is 13.1. The van der Waals surface area contributed by atoms with Gasteiger partial charge in [0, 0.05) is 19.6 Å². The highest BCUT2D eigenvalue weighted by Gasteiger charge is 2.58. The van der Waals surface area contributed by atoms with Crippen molar-refractivity contribution < 1.29 is 14.0 Å². The Hall–Kier alpha value is -2.69. The Morgan fingerprint density at radius 3 is 2.48 bits per heavy atom. The van der Waals surface area contributed by atoms with Gasteiger partial charge in [0.15, 0.2) is 0 Å². The van der Waals surface area contributed by atoms with Crippen molar-refractivity contribution in [1.82, 2.24) is 10.2 Å². The summed E-state index contributed by atoms with van der Waals surface area (Å²) in [6.07, 6.45) is 2.43. The first-order valence-electron chi connectivity index (χ1n) is 9.48. The maximum Gasteiger partial charge on any atom is 0.238 e. The quantitative estimate of drug-likeness (QED) is 0.828. The number of halogens is 1. The number of amides is 2. The van der Waals surface area contributed by atoms with Crippen LogP contribution in [0.25, 0.3) is 0 Å². The number of nitrogens with one attached hydrogen (secondary N) is 1. The zero-order valence-electron chi connectivity index (χ0n) is 15.2. The molecule has 1 heterocycles. The predicted octanol–water partition coefficient (Wildman–Crippen LogP) is 2.85. The lowest BCUT2D eigenvalue weighted by molar-refractivity contribution is -0.145. The molecule has 0 radical (unpaired) electrons. The fraction of sp³-hybridized carbons (Fsp3) is 0.364. The zero-order valence-corrected chi connectivity index (χ0v) is 15.2. The predicted molar refractivity (Wildman–Crippen MR) is 100 cm³/mol. The maximum atomic E-state index is 13.7. The third kappa shape index (κ3) is 3.46. The molecule has 0 aromatic heterocycles. The fourth-order valence-corrected chi connectivity index (χ4v) is 3.82. The van der Waals surface area contributed by atoms with Gasteiger partial charge < -0.3 is 10.2 Å². The summed E-state index contributed by atoms with van der Waals surface area (Å²) >= 11 is 0. The molecule has 2 aliphatic rings. The molecule has 0 bridgehead atoms. The van der Waals surface area contributed by atoms with Crippen molar-refractivity contribution in [2.24, 2.45) is 5.41 Å². The summed E-state index contributed by atoms with van der Waals surface area (Å²) in [5, 5.41) is 2.85. The number of nitrogens with zero attached hydrogens (tertiary/aromatic N) is 1. The van der Waals surface area contributed by atoms with Gasteiger partial charge in [-0.15, -0.1) is 0 Å². The van der Waals surface area contributed by atoms with Crippen LogP contribution in [0, 0.1) is 11.2 Å². The molecule has 1 aliphatic heterocycles. The van der Waals surface area contributed by atoms with Crippen molar-refractivity contribution in [2.45, 2.75) is 32.2 Å². The van der Waals surface area contributed by atoms with Crippen LogP contribution in [0.1, 0.15) is 29.5 Å². The molecular weight excluding hydrogens is 343 g/mol. The van der Waals surface area contributed by atoms with Gasteiger partial charge in [-0.05, 0) is 48.4 Å². The van der Waals surface area contributed by atoms with Crippen LogP contribution in [0.5, 0.6) is 0 Å². The van der Waals surface area contributed by atoms with Gasteiger partial charge in [0.05, 0.1) is 0 Å². The Labute approximate surface area is 158 Å². The van der Waals surface area contributed by atoms with Crippen LogP contribution in [0.4, 0.5) is 4.39 Å². The SMILES string of the molecule is O=C(NCCc1ccccc1F)C1(C(=O)N2CCc3ccccc3C2)CC1. The summed E-state index contributed by atoms with van der Waals surface area (Å²) in [5.74, 6) is -0.556. The molecule has 1 N–H and O–H groups in total. The van der Waals surface area contributed by atoms with Crippen LogP contribution in [0.3, 0.4) is 0 Å². The lowest BCUT2D eigenvalue weighted by atomic mass is 9.97. The third-order valence-electron chi connectivity index (χ3n) is 5.65. The molecule has 0 atom stereocenters. The zero-order chi connectivity index (χ0) is 18.9. The molecule has 27 heavy (non-hydrogen) atoms. The van der Waals surface area contributed by atoms with Gasteiger partial charge in [0.2, 0.25) is 11.8 Å². The van der Waals surface area contributed by atoms with Crippen LogP contribution in [0.2, 0.25) is 0 Å². The van der Waals surface area contributed by atoms with Crippen molar-refractivity contribution in [1.29, 1.82) is 0 Å². The molecule has 5 heteroatoms. The first kappa shape index (κ1) is 17.7. The molecule has 2 aromatic rings. The van der Waals surface area contributed by atoms with Gasteiger partial charge in [0.25, 0.3) is 0 Å². The lowest BCUT2D eigenvalue weighted by Gasteiger charge is -2.31. The minimum Gasteiger partial charge on any atom is -0.355 e. The number of carbonyl (C=O) groups excluding carboxylic acids is 2. The van der Waals surface area contributed by atoms with Crippen LogP contribution in [0.15, 0.2) is 48.5 Å². The second kappa shape index (κ2) is 7.14. The van der Waals surface area contributed by atoms with Crippen molar-refractivity contribution >= 4 is 11.8 Å². The minimum atomic E-state index is -0.915. The van der Waals surface area contributed by atoms with Crippen molar-refractivity contribution in [3.05, 3.63) is 71.0 Å².